The molecule has 2 N–H and O–H groups in total. The number of anilines is 1. The second-order valence-corrected chi connectivity index (χ2v) is 6.82. The number of carbonyl (C=O) groups excluding carboxylic acids is 3. The maximum Gasteiger partial charge on any atom is 0.325 e. The van der Waals surface area contributed by atoms with Gasteiger partial charge in [0, 0.05) is 10.7 Å². The largest absolute Gasteiger partial charge is 0.325 e. The standard InChI is InChI=1S/C18H24ClN3O3/c1-4-8-18(9-5-2)16(24)22(17(25)21-18)11-15(23)20-13-7-6-12(3)14(19)10-13/h6-7,10H,4-5,8-9,11H2,1-3H3,(H,20,23)(H,21,25). The molecule has 1 heterocycles. The van der Waals surface area contributed by atoms with Crippen molar-refractivity contribution < 1.29 is 14.4 Å². The number of rotatable bonds is 7. The number of urea groups is 1. The molecule has 1 aliphatic rings. The number of carbonyl (C=O) groups is 3. The normalized spacial score (nSPS) is 16.1. The zero-order chi connectivity index (χ0) is 18.6. The number of aryl methyl sites for hydroxylation is 1. The van der Waals surface area contributed by atoms with E-state index in [4.69, 9.17) is 11.6 Å². The molecule has 4 amide bonds. The number of halogens is 1. The highest BCUT2D eigenvalue weighted by Crippen LogP contribution is 2.28. The lowest BCUT2D eigenvalue weighted by Gasteiger charge is -2.25. The fraction of sp³-hybridized carbons (Fsp3) is 0.500. The summed E-state index contributed by atoms with van der Waals surface area (Å²) in [7, 11) is 0. The van der Waals surface area contributed by atoms with Crippen molar-refractivity contribution in [3.63, 3.8) is 0 Å². The molecule has 0 bridgehead atoms. The first-order valence-electron chi connectivity index (χ1n) is 8.53. The molecule has 1 saturated heterocycles. The Labute approximate surface area is 152 Å². The van der Waals surface area contributed by atoms with Crippen molar-refractivity contribution in [3.05, 3.63) is 28.8 Å². The van der Waals surface area contributed by atoms with Gasteiger partial charge < -0.3 is 10.6 Å². The van der Waals surface area contributed by atoms with E-state index in [9.17, 15) is 14.4 Å². The zero-order valence-corrected chi connectivity index (χ0v) is 15.6. The summed E-state index contributed by atoms with van der Waals surface area (Å²) < 4.78 is 0. The maximum absolute atomic E-state index is 12.7. The first kappa shape index (κ1) is 19.2. The Morgan fingerprint density at radius 3 is 2.44 bits per heavy atom. The number of hydrogen-bond acceptors (Lipinski definition) is 3. The predicted molar refractivity (Wildman–Crippen MR) is 97.6 cm³/mol. The molecule has 0 saturated carbocycles. The molecule has 0 spiro atoms. The third-order valence-corrected chi connectivity index (χ3v) is 4.76. The summed E-state index contributed by atoms with van der Waals surface area (Å²) in [5.41, 5.74) is 0.548. The summed E-state index contributed by atoms with van der Waals surface area (Å²) in [5.74, 6) is -0.759. The number of hydrogen-bond donors (Lipinski definition) is 2. The van der Waals surface area contributed by atoms with Gasteiger partial charge in [-0.15, -0.1) is 0 Å². The van der Waals surface area contributed by atoms with Crippen molar-refractivity contribution >= 4 is 35.1 Å². The molecule has 1 aromatic rings. The predicted octanol–water partition coefficient (Wildman–Crippen LogP) is 3.48. The van der Waals surface area contributed by atoms with Crippen molar-refractivity contribution in [3.8, 4) is 0 Å². The highest BCUT2D eigenvalue weighted by atomic mass is 35.5. The minimum absolute atomic E-state index is 0.314. The van der Waals surface area contributed by atoms with Crippen LogP contribution in [0.3, 0.4) is 0 Å². The van der Waals surface area contributed by atoms with E-state index in [2.05, 4.69) is 10.6 Å². The lowest BCUT2D eigenvalue weighted by Crippen LogP contribution is -2.47. The molecule has 1 aromatic carbocycles. The quantitative estimate of drug-likeness (QED) is 0.726. The Hall–Kier alpha value is -2.08. The zero-order valence-electron chi connectivity index (χ0n) is 14.8. The summed E-state index contributed by atoms with van der Waals surface area (Å²) in [6.45, 7) is 5.48. The van der Waals surface area contributed by atoms with E-state index in [-0.39, 0.29) is 12.5 Å². The van der Waals surface area contributed by atoms with Gasteiger partial charge in [-0.05, 0) is 37.5 Å². The average molecular weight is 366 g/mol. The topological polar surface area (TPSA) is 78.5 Å². The van der Waals surface area contributed by atoms with Crippen LogP contribution in [0.5, 0.6) is 0 Å². The van der Waals surface area contributed by atoms with Gasteiger partial charge in [0.25, 0.3) is 5.91 Å². The van der Waals surface area contributed by atoms with Gasteiger partial charge in [-0.25, -0.2) is 4.79 Å². The van der Waals surface area contributed by atoms with Crippen LogP contribution in [0.15, 0.2) is 18.2 Å². The fourth-order valence-corrected chi connectivity index (χ4v) is 3.33. The van der Waals surface area contributed by atoms with Crippen molar-refractivity contribution in [1.29, 1.82) is 0 Å². The van der Waals surface area contributed by atoms with E-state index < -0.39 is 17.5 Å². The molecule has 0 unspecified atom stereocenters. The number of amides is 4. The molecular formula is C18H24ClN3O3. The van der Waals surface area contributed by atoms with E-state index in [0.29, 0.717) is 23.6 Å². The summed E-state index contributed by atoms with van der Waals surface area (Å²) >= 11 is 6.04. The SMILES string of the molecule is CCCC1(CCC)NC(=O)N(CC(=O)Nc2ccc(C)c(Cl)c2)C1=O. The molecule has 0 radical (unpaired) electrons. The van der Waals surface area contributed by atoms with E-state index in [1.54, 1.807) is 18.2 Å². The number of nitrogens with zero attached hydrogens (tertiary/aromatic N) is 1. The van der Waals surface area contributed by atoms with Crippen LogP contribution >= 0.6 is 11.6 Å². The smallest absolute Gasteiger partial charge is 0.324 e. The van der Waals surface area contributed by atoms with E-state index in [1.807, 2.05) is 20.8 Å². The Bertz CT molecular complexity index is 684. The van der Waals surface area contributed by atoms with Gasteiger partial charge in [0.05, 0.1) is 0 Å². The maximum atomic E-state index is 12.7. The Morgan fingerprint density at radius 2 is 1.88 bits per heavy atom. The molecule has 0 aromatic heterocycles. The number of nitrogens with one attached hydrogen (secondary N) is 2. The highest BCUT2D eigenvalue weighted by molar-refractivity contribution is 6.31. The van der Waals surface area contributed by atoms with Crippen molar-refractivity contribution in [2.24, 2.45) is 0 Å². The average Bonchev–Trinajstić information content (AvgIpc) is 2.76. The second-order valence-electron chi connectivity index (χ2n) is 6.42. The first-order valence-corrected chi connectivity index (χ1v) is 8.91. The van der Waals surface area contributed by atoms with Gasteiger partial charge in [-0.3, -0.25) is 14.5 Å². The van der Waals surface area contributed by atoms with Crippen molar-refractivity contribution in [1.82, 2.24) is 10.2 Å². The molecule has 0 aliphatic carbocycles. The lowest BCUT2D eigenvalue weighted by atomic mass is 9.88. The van der Waals surface area contributed by atoms with Crippen molar-refractivity contribution in [2.45, 2.75) is 52.0 Å². The fourth-order valence-electron chi connectivity index (χ4n) is 3.15. The summed E-state index contributed by atoms with van der Waals surface area (Å²) in [5, 5.41) is 6.00. The molecule has 1 fully saturated rings. The number of benzene rings is 1. The van der Waals surface area contributed by atoms with Crippen LogP contribution in [0, 0.1) is 6.92 Å². The second kappa shape index (κ2) is 7.87. The molecule has 2 rings (SSSR count). The van der Waals surface area contributed by atoms with Crippen LogP contribution in [0.2, 0.25) is 5.02 Å². The van der Waals surface area contributed by atoms with Crippen LogP contribution in [0.1, 0.15) is 45.1 Å². The van der Waals surface area contributed by atoms with E-state index in [1.165, 1.54) is 0 Å². The van der Waals surface area contributed by atoms with Crippen LogP contribution in [0.4, 0.5) is 10.5 Å². The summed E-state index contributed by atoms with van der Waals surface area (Å²) in [4.78, 5) is 38.2. The molecule has 0 atom stereocenters. The lowest BCUT2D eigenvalue weighted by molar-refractivity contribution is -0.134. The Balaban J connectivity index is 2.08. The monoisotopic (exact) mass is 365 g/mol. The third-order valence-electron chi connectivity index (χ3n) is 4.36. The van der Waals surface area contributed by atoms with Crippen LogP contribution < -0.4 is 10.6 Å². The third kappa shape index (κ3) is 4.12. The van der Waals surface area contributed by atoms with Crippen LogP contribution in [-0.2, 0) is 9.59 Å². The molecule has 136 valence electrons. The highest BCUT2D eigenvalue weighted by Gasteiger charge is 2.50. The Morgan fingerprint density at radius 1 is 1.24 bits per heavy atom. The first-order chi connectivity index (χ1) is 11.8. The molecule has 25 heavy (non-hydrogen) atoms. The Kier molecular flexibility index (Phi) is 6.06. The minimum Gasteiger partial charge on any atom is -0.324 e. The molecule has 1 aliphatic heterocycles. The van der Waals surface area contributed by atoms with Gasteiger partial charge in [0.2, 0.25) is 5.91 Å². The van der Waals surface area contributed by atoms with Gasteiger partial charge in [-0.1, -0.05) is 44.4 Å². The van der Waals surface area contributed by atoms with Crippen molar-refractivity contribution in [2.75, 3.05) is 11.9 Å². The summed E-state index contributed by atoms with van der Waals surface area (Å²) in [6, 6.07) is 4.64. The van der Waals surface area contributed by atoms with Gasteiger partial charge in [0.15, 0.2) is 0 Å². The summed E-state index contributed by atoms with van der Waals surface area (Å²) in [6.07, 6.45) is 2.68. The van der Waals surface area contributed by atoms with Gasteiger partial charge >= 0.3 is 6.03 Å². The van der Waals surface area contributed by atoms with Gasteiger partial charge in [-0.2, -0.15) is 0 Å². The van der Waals surface area contributed by atoms with E-state index >= 15 is 0 Å². The van der Waals surface area contributed by atoms with Gasteiger partial charge in [0.1, 0.15) is 12.1 Å². The molecule has 7 heteroatoms. The molecular weight excluding hydrogens is 342 g/mol. The number of imide groups is 1. The van der Waals surface area contributed by atoms with Crippen LogP contribution in [-0.4, -0.2) is 34.8 Å². The van der Waals surface area contributed by atoms with E-state index in [0.717, 1.165) is 23.3 Å². The minimum atomic E-state index is -0.881. The van der Waals surface area contributed by atoms with Crippen LogP contribution in [0.25, 0.3) is 0 Å². The molecule has 6 nitrogen and oxygen atoms in total.